The predicted octanol–water partition coefficient (Wildman–Crippen LogP) is 3.90. The Morgan fingerprint density at radius 3 is 2.00 bits per heavy atom. The molecule has 1 rings (SSSR count). The van der Waals surface area contributed by atoms with Gasteiger partial charge in [0.2, 0.25) is 0 Å². The van der Waals surface area contributed by atoms with Gasteiger partial charge < -0.3 is 4.90 Å². The molecule has 0 radical (unpaired) electrons. The molecule has 0 aliphatic rings. The fourth-order valence-electron chi connectivity index (χ4n) is 2.57. The average Bonchev–Trinajstić information content (AvgIpc) is 2.31. The summed E-state index contributed by atoms with van der Waals surface area (Å²) in [6.07, 6.45) is 0. The lowest BCUT2D eigenvalue weighted by atomic mass is 9.92. The molecule has 1 aromatic rings. The fourth-order valence-corrected chi connectivity index (χ4v) is 2.57. The van der Waals surface area contributed by atoms with Gasteiger partial charge in [0.1, 0.15) is 0 Å². The van der Waals surface area contributed by atoms with Gasteiger partial charge >= 0.3 is 0 Å². The van der Waals surface area contributed by atoms with E-state index in [2.05, 4.69) is 51.8 Å². The van der Waals surface area contributed by atoms with Crippen LogP contribution in [0.5, 0.6) is 0 Å². The summed E-state index contributed by atoms with van der Waals surface area (Å²) >= 11 is 0. The monoisotopic (exact) mass is 258 g/mol. The van der Waals surface area contributed by atoms with Crippen molar-refractivity contribution in [1.82, 2.24) is 4.90 Å². The van der Waals surface area contributed by atoms with E-state index in [4.69, 9.17) is 5.26 Å². The lowest BCUT2D eigenvalue weighted by Gasteiger charge is -2.26. The quantitative estimate of drug-likeness (QED) is 0.819. The van der Waals surface area contributed by atoms with Crippen molar-refractivity contribution >= 4 is 0 Å². The lowest BCUT2D eigenvalue weighted by Crippen LogP contribution is -2.30. The Bertz CT molecular complexity index is 481. The van der Waals surface area contributed by atoms with Crippen LogP contribution in [0, 0.1) is 44.4 Å². The van der Waals surface area contributed by atoms with Crippen LogP contribution in [-0.4, -0.2) is 18.5 Å². The molecule has 2 nitrogen and oxygen atoms in total. The van der Waals surface area contributed by atoms with Gasteiger partial charge in [0.15, 0.2) is 0 Å². The molecular formula is C17H26N2. The van der Waals surface area contributed by atoms with Crippen molar-refractivity contribution in [1.29, 1.82) is 5.26 Å². The van der Waals surface area contributed by atoms with E-state index in [-0.39, 0.29) is 5.41 Å². The summed E-state index contributed by atoms with van der Waals surface area (Å²) in [4.78, 5) is 2.25. The third kappa shape index (κ3) is 3.81. The molecule has 0 aliphatic carbocycles. The van der Waals surface area contributed by atoms with Gasteiger partial charge in [0.05, 0.1) is 11.5 Å². The van der Waals surface area contributed by atoms with Gasteiger partial charge in [0, 0.05) is 13.1 Å². The van der Waals surface area contributed by atoms with Crippen molar-refractivity contribution in [2.45, 2.75) is 48.1 Å². The SMILES string of the molecule is Cc1cc(C)c(C)c(CN(C)CC(C)(C)C#N)c1C. The van der Waals surface area contributed by atoms with Gasteiger partial charge in [0.25, 0.3) is 0 Å². The largest absolute Gasteiger partial charge is 0.301 e. The molecule has 0 saturated heterocycles. The molecule has 0 spiro atoms. The van der Waals surface area contributed by atoms with Crippen molar-refractivity contribution in [2.75, 3.05) is 13.6 Å². The van der Waals surface area contributed by atoms with E-state index >= 15 is 0 Å². The number of hydrogen-bond acceptors (Lipinski definition) is 2. The van der Waals surface area contributed by atoms with Gasteiger partial charge in [-0.1, -0.05) is 6.07 Å². The van der Waals surface area contributed by atoms with E-state index < -0.39 is 0 Å². The molecule has 1 aromatic carbocycles. The molecule has 0 aliphatic heterocycles. The molecule has 0 bridgehead atoms. The van der Waals surface area contributed by atoms with E-state index in [9.17, 15) is 0 Å². The van der Waals surface area contributed by atoms with E-state index in [0.29, 0.717) is 0 Å². The second-order valence-electron chi connectivity index (χ2n) is 6.41. The maximum atomic E-state index is 9.13. The summed E-state index contributed by atoms with van der Waals surface area (Å²) in [5.74, 6) is 0. The van der Waals surface area contributed by atoms with Crippen molar-refractivity contribution < 1.29 is 0 Å². The number of aryl methyl sites for hydroxylation is 2. The lowest BCUT2D eigenvalue weighted by molar-refractivity contribution is 0.248. The summed E-state index contributed by atoms with van der Waals surface area (Å²) < 4.78 is 0. The van der Waals surface area contributed by atoms with Crippen molar-refractivity contribution in [3.05, 3.63) is 33.9 Å². The molecule has 19 heavy (non-hydrogen) atoms. The van der Waals surface area contributed by atoms with Crippen LogP contribution in [0.4, 0.5) is 0 Å². The van der Waals surface area contributed by atoms with Crippen LogP contribution in [0.3, 0.4) is 0 Å². The molecule has 0 unspecified atom stereocenters. The van der Waals surface area contributed by atoms with Crippen LogP contribution in [0.25, 0.3) is 0 Å². The van der Waals surface area contributed by atoms with Crippen LogP contribution >= 0.6 is 0 Å². The highest BCUT2D eigenvalue weighted by Gasteiger charge is 2.20. The molecule has 0 amide bonds. The van der Waals surface area contributed by atoms with Crippen molar-refractivity contribution in [2.24, 2.45) is 5.41 Å². The molecule has 0 fully saturated rings. The number of benzene rings is 1. The van der Waals surface area contributed by atoms with Crippen LogP contribution < -0.4 is 0 Å². The molecule has 0 aromatic heterocycles. The van der Waals surface area contributed by atoms with Gasteiger partial charge in [-0.3, -0.25) is 0 Å². The summed E-state index contributed by atoms with van der Waals surface area (Å²) in [7, 11) is 2.09. The predicted molar refractivity (Wildman–Crippen MR) is 81.1 cm³/mol. The second-order valence-corrected chi connectivity index (χ2v) is 6.41. The minimum Gasteiger partial charge on any atom is -0.301 e. The Morgan fingerprint density at radius 1 is 1.11 bits per heavy atom. The standard InChI is InChI=1S/C17H26N2/c1-12-8-13(2)15(4)16(14(12)3)9-19(7)11-17(5,6)10-18/h8H,9,11H2,1-7H3. The van der Waals surface area contributed by atoms with E-state index in [1.54, 1.807) is 0 Å². The molecule has 2 heteroatoms. The van der Waals surface area contributed by atoms with Crippen LogP contribution in [-0.2, 0) is 6.54 Å². The highest BCUT2D eigenvalue weighted by Crippen LogP contribution is 2.24. The summed E-state index contributed by atoms with van der Waals surface area (Å²) in [5, 5.41) is 9.13. The van der Waals surface area contributed by atoms with E-state index in [1.807, 2.05) is 13.8 Å². The molecule has 0 atom stereocenters. The van der Waals surface area contributed by atoms with Crippen LogP contribution in [0.2, 0.25) is 0 Å². The van der Waals surface area contributed by atoms with Gasteiger partial charge in [-0.2, -0.15) is 5.26 Å². The highest BCUT2D eigenvalue weighted by atomic mass is 15.1. The topological polar surface area (TPSA) is 27.0 Å². The van der Waals surface area contributed by atoms with Crippen molar-refractivity contribution in [3.8, 4) is 6.07 Å². The third-order valence-electron chi connectivity index (χ3n) is 3.92. The van der Waals surface area contributed by atoms with Crippen LogP contribution in [0.1, 0.15) is 41.7 Å². The number of hydrogen-bond donors (Lipinski definition) is 0. The van der Waals surface area contributed by atoms with Crippen molar-refractivity contribution in [3.63, 3.8) is 0 Å². The normalized spacial score (nSPS) is 11.7. The maximum absolute atomic E-state index is 9.13. The Kier molecular flexibility index (Phi) is 4.76. The number of rotatable bonds is 4. The summed E-state index contributed by atoms with van der Waals surface area (Å²) in [6, 6.07) is 4.63. The van der Waals surface area contributed by atoms with E-state index in [0.717, 1.165) is 13.1 Å². The Hall–Kier alpha value is -1.33. The zero-order valence-electron chi connectivity index (χ0n) is 13.4. The first-order chi connectivity index (χ1) is 8.68. The molecule has 104 valence electrons. The van der Waals surface area contributed by atoms with Crippen LogP contribution in [0.15, 0.2) is 6.07 Å². The second kappa shape index (κ2) is 5.75. The Morgan fingerprint density at radius 2 is 1.58 bits per heavy atom. The van der Waals surface area contributed by atoms with Gasteiger partial charge in [-0.05, 0) is 76.4 Å². The average molecular weight is 258 g/mol. The first-order valence-electron chi connectivity index (χ1n) is 6.84. The number of nitriles is 1. The highest BCUT2D eigenvalue weighted by molar-refractivity contribution is 5.43. The van der Waals surface area contributed by atoms with E-state index in [1.165, 1.54) is 27.8 Å². The zero-order chi connectivity index (χ0) is 14.8. The zero-order valence-corrected chi connectivity index (χ0v) is 13.4. The molecule has 0 N–H and O–H groups in total. The molecular weight excluding hydrogens is 232 g/mol. The van der Waals surface area contributed by atoms with Gasteiger partial charge in [-0.25, -0.2) is 0 Å². The smallest absolute Gasteiger partial charge is 0.0697 e. The Balaban J connectivity index is 2.98. The third-order valence-corrected chi connectivity index (χ3v) is 3.92. The molecule has 0 heterocycles. The minimum absolute atomic E-state index is 0.296. The first-order valence-corrected chi connectivity index (χ1v) is 6.84. The summed E-state index contributed by atoms with van der Waals surface area (Å²) in [5.41, 5.74) is 6.58. The number of nitrogens with zero attached hydrogens (tertiary/aromatic N) is 2. The summed E-state index contributed by atoms with van der Waals surface area (Å²) in [6.45, 7) is 14.4. The molecule has 0 saturated carbocycles. The minimum atomic E-state index is -0.296. The first kappa shape index (κ1) is 15.7. The maximum Gasteiger partial charge on any atom is 0.0697 e. The Labute approximate surface area is 118 Å². The van der Waals surface area contributed by atoms with Gasteiger partial charge in [-0.15, -0.1) is 0 Å². The fraction of sp³-hybridized carbons (Fsp3) is 0.588.